The number of aliphatic carboxylic acids is 1. The third-order valence-corrected chi connectivity index (χ3v) is 5.48. The number of rotatable bonds is 15. The molecule has 0 rings (SSSR count). The van der Waals surface area contributed by atoms with Gasteiger partial charge in [-0.15, -0.1) is 0 Å². The molecule has 0 bridgehead atoms. The number of hydrogen-bond donors (Lipinski definition) is 7. The van der Waals surface area contributed by atoms with E-state index in [0.29, 0.717) is 17.9 Å². The number of thiol groups is 1. The van der Waals surface area contributed by atoms with Crippen LogP contribution >= 0.6 is 36.2 Å². The molecule has 0 saturated heterocycles. The number of carboxylic acids is 1. The van der Waals surface area contributed by atoms with Crippen LogP contribution in [0.15, 0.2) is 0 Å². The highest BCUT2D eigenvalue weighted by molar-refractivity contribution is 7.98. The summed E-state index contributed by atoms with van der Waals surface area (Å²) >= 11 is 6.85. The fourth-order valence-corrected chi connectivity index (χ4v) is 3.29. The van der Waals surface area contributed by atoms with Crippen molar-refractivity contribution in [1.82, 2.24) is 16.0 Å². The molecule has 0 saturated carbocycles. The summed E-state index contributed by atoms with van der Waals surface area (Å²) in [5.41, 5.74) is 5.75. The largest absolute Gasteiger partial charge is 0.480 e. The molecule has 10 nitrogen and oxygen atoms in total. The SMILES string of the molecule is CSCCC(N)C(=O)NC(CO)C(=O)NC(CCSC)C(=O)NC(CS)C(=O)O. The van der Waals surface area contributed by atoms with E-state index < -0.39 is 54.5 Å². The lowest BCUT2D eigenvalue weighted by Gasteiger charge is -2.24. The quantitative estimate of drug-likeness (QED) is 0.138. The average molecular weight is 471 g/mol. The molecule has 29 heavy (non-hydrogen) atoms. The van der Waals surface area contributed by atoms with Crippen molar-refractivity contribution in [3.8, 4) is 0 Å². The van der Waals surface area contributed by atoms with Gasteiger partial charge in [0.05, 0.1) is 12.6 Å². The lowest BCUT2D eigenvalue weighted by atomic mass is 10.1. The minimum Gasteiger partial charge on any atom is -0.480 e. The number of nitrogens with one attached hydrogen (secondary N) is 3. The van der Waals surface area contributed by atoms with Gasteiger partial charge in [0, 0.05) is 5.75 Å². The maximum Gasteiger partial charge on any atom is 0.327 e. The molecule has 0 aromatic rings. The minimum atomic E-state index is -1.28. The molecule has 3 amide bonds. The van der Waals surface area contributed by atoms with Gasteiger partial charge in [-0.3, -0.25) is 14.4 Å². The van der Waals surface area contributed by atoms with Crippen molar-refractivity contribution >= 4 is 59.8 Å². The smallest absolute Gasteiger partial charge is 0.327 e. The van der Waals surface area contributed by atoms with Crippen LogP contribution in [-0.2, 0) is 19.2 Å². The number of aliphatic hydroxyl groups excluding tert-OH is 1. The van der Waals surface area contributed by atoms with E-state index in [4.69, 9.17) is 10.8 Å². The van der Waals surface area contributed by atoms with Crippen LogP contribution in [0.1, 0.15) is 12.8 Å². The van der Waals surface area contributed by atoms with Gasteiger partial charge < -0.3 is 31.9 Å². The van der Waals surface area contributed by atoms with E-state index in [1.807, 2.05) is 12.5 Å². The van der Waals surface area contributed by atoms with Crippen molar-refractivity contribution in [3.05, 3.63) is 0 Å². The van der Waals surface area contributed by atoms with Crippen molar-refractivity contribution in [3.63, 3.8) is 0 Å². The first-order chi connectivity index (χ1) is 13.7. The van der Waals surface area contributed by atoms with Crippen LogP contribution in [0.4, 0.5) is 0 Å². The predicted molar refractivity (Wildman–Crippen MR) is 118 cm³/mol. The maximum atomic E-state index is 12.5. The second kappa shape index (κ2) is 15.7. The van der Waals surface area contributed by atoms with Gasteiger partial charge in [-0.1, -0.05) is 0 Å². The molecule has 7 N–H and O–H groups in total. The molecule has 13 heteroatoms. The maximum absolute atomic E-state index is 12.5. The van der Waals surface area contributed by atoms with E-state index in [1.165, 1.54) is 23.5 Å². The van der Waals surface area contributed by atoms with E-state index >= 15 is 0 Å². The molecular formula is C16H30N4O6S3. The van der Waals surface area contributed by atoms with Gasteiger partial charge in [0.15, 0.2) is 0 Å². The molecule has 0 radical (unpaired) electrons. The van der Waals surface area contributed by atoms with Gasteiger partial charge in [0.1, 0.15) is 18.1 Å². The highest BCUT2D eigenvalue weighted by atomic mass is 32.2. The van der Waals surface area contributed by atoms with Crippen LogP contribution in [0.25, 0.3) is 0 Å². The number of carbonyl (C=O) groups excluding carboxylic acids is 3. The Kier molecular flexibility index (Phi) is 15.0. The Morgan fingerprint density at radius 2 is 1.38 bits per heavy atom. The number of carboxylic acid groups (broad SMARTS) is 1. The monoisotopic (exact) mass is 470 g/mol. The molecule has 0 aliphatic carbocycles. The molecule has 168 valence electrons. The summed E-state index contributed by atoms with van der Waals surface area (Å²) in [6, 6.07) is -4.35. The molecule has 0 aliphatic rings. The number of aliphatic hydroxyl groups is 1. The van der Waals surface area contributed by atoms with Gasteiger partial charge in [-0.25, -0.2) is 4.79 Å². The fourth-order valence-electron chi connectivity index (χ4n) is 2.08. The predicted octanol–water partition coefficient (Wildman–Crippen LogP) is -1.72. The third kappa shape index (κ3) is 11.0. The normalized spacial score (nSPS) is 14.9. The van der Waals surface area contributed by atoms with Gasteiger partial charge in [-0.05, 0) is 36.9 Å². The van der Waals surface area contributed by atoms with Crippen LogP contribution in [0.3, 0.4) is 0 Å². The summed E-state index contributed by atoms with van der Waals surface area (Å²) in [7, 11) is 0. The van der Waals surface area contributed by atoms with Crippen molar-refractivity contribution in [1.29, 1.82) is 0 Å². The standard InChI is InChI=1S/C16H30N4O6S3/c1-28-5-3-9(17)13(22)19-11(7-21)15(24)18-10(4-6-29-2)14(23)20-12(8-27)16(25)26/h9-12,21,27H,3-8,17H2,1-2H3,(H,18,24)(H,19,22)(H,20,23)(H,25,26). The molecule has 0 heterocycles. The lowest BCUT2D eigenvalue weighted by molar-refractivity contribution is -0.141. The second-order valence-corrected chi connectivity index (χ2v) is 8.39. The highest BCUT2D eigenvalue weighted by Gasteiger charge is 2.29. The number of hydrogen-bond acceptors (Lipinski definition) is 9. The Bertz CT molecular complexity index is 555. The molecule has 4 atom stereocenters. The third-order valence-electron chi connectivity index (χ3n) is 3.83. The molecule has 0 spiro atoms. The van der Waals surface area contributed by atoms with Crippen molar-refractivity contribution in [2.45, 2.75) is 37.0 Å². The number of thioether (sulfide) groups is 2. The zero-order chi connectivity index (χ0) is 22.4. The summed E-state index contributed by atoms with van der Waals surface area (Å²) in [6.07, 6.45) is 4.33. The Hall–Kier alpha value is -1.15. The number of amides is 3. The zero-order valence-corrected chi connectivity index (χ0v) is 18.9. The van der Waals surface area contributed by atoms with Crippen molar-refractivity contribution < 1.29 is 29.4 Å². The highest BCUT2D eigenvalue weighted by Crippen LogP contribution is 2.04. The Morgan fingerprint density at radius 3 is 1.86 bits per heavy atom. The fraction of sp³-hybridized carbons (Fsp3) is 0.750. The average Bonchev–Trinajstić information content (AvgIpc) is 2.70. The van der Waals surface area contributed by atoms with Crippen LogP contribution < -0.4 is 21.7 Å². The Balaban J connectivity index is 5.05. The first-order valence-corrected chi connectivity index (χ1v) is 12.2. The molecule has 0 fully saturated rings. The van der Waals surface area contributed by atoms with Crippen LogP contribution in [0.2, 0.25) is 0 Å². The van der Waals surface area contributed by atoms with Crippen molar-refractivity contribution in [2.75, 3.05) is 36.4 Å². The number of nitrogens with two attached hydrogens (primary N) is 1. The van der Waals surface area contributed by atoms with Crippen molar-refractivity contribution in [2.24, 2.45) is 5.73 Å². The van der Waals surface area contributed by atoms with E-state index in [2.05, 4.69) is 28.6 Å². The van der Waals surface area contributed by atoms with E-state index in [1.54, 1.807) is 0 Å². The van der Waals surface area contributed by atoms with Crippen LogP contribution in [0, 0.1) is 0 Å². The topological polar surface area (TPSA) is 171 Å². The van der Waals surface area contributed by atoms with Gasteiger partial charge >= 0.3 is 5.97 Å². The van der Waals surface area contributed by atoms with Crippen LogP contribution in [0.5, 0.6) is 0 Å². The van der Waals surface area contributed by atoms with Crippen LogP contribution in [-0.4, -0.2) is 94.4 Å². The first kappa shape index (κ1) is 27.8. The summed E-state index contributed by atoms with van der Waals surface area (Å²) < 4.78 is 0. The van der Waals surface area contributed by atoms with E-state index in [0.717, 1.165) is 0 Å². The summed E-state index contributed by atoms with van der Waals surface area (Å²) in [5.74, 6) is -2.22. The summed E-state index contributed by atoms with van der Waals surface area (Å²) in [4.78, 5) is 48.0. The Morgan fingerprint density at radius 1 is 0.897 bits per heavy atom. The second-order valence-electron chi connectivity index (χ2n) is 6.06. The minimum absolute atomic E-state index is 0.118. The zero-order valence-electron chi connectivity index (χ0n) is 16.4. The molecule has 0 aliphatic heterocycles. The summed E-state index contributed by atoms with van der Waals surface area (Å²) in [6.45, 7) is -0.682. The first-order valence-electron chi connectivity index (χ1n) is 8.80. The summed E-state index contributed by atoms with van der Waals surface area (Å²) in [5, 5.41) is 25.7. The lowest BCUT2D eigenvalue weighted by Crippen LogP contribution is -2.58. The molecule has 0 aromatic carbocycles. The number of carbonyl (C=O) groups is 4. The molecule has 4 unspecified atom stereocenters. The molecule has 0 aromatic heterocycles. The van der Waals surface area contributed by atoms with Gasteiger partial charge in [0.25, 0.3) is 0 Å². The van der Waals surface area contributed by atoms with Gasteiger partial charge in [-0.2, -0.15) is 36.2 Å². The van der Waals surface area contributed by atoms with E-state index in [-0.39, 0.29) is 12.2 Å². The van der Waals surface area contributed by atoms with Gasteiger partial charge in [0.2, 0.25) is 17.7 Å². The Labute approximate surface area is 184 Å². The van der Waals surface area contributed by atoms with E-state index in [9.17, 15) is 24.3 Å². The molecular weight excluding hydrogens is 440 g/mol.